The molecule has 2 heterocycles. The minimum Gasteiger partial charge on any atom is -0.355 e. The van der Waals surface area contributed by atoms with Gasteiger partial charge in [0.25, 0.3) is 0 Å². The quantitative estimate of drug-likeness (QED) is 0.851. The summed E-state index contributed by atoms with van der Waals surface area (Å²) in [6.07, 6.45) is 2.25. The van der Waals surface area contributed by atoms with Gasteiger partial charge in [-0.3, -0.25) is 0 Å². The number of nitriles is 1. The average molecular weight is 254 g/mol. The number of hydrogen-bond donors (Lipinski definition) is 1. The van der Waals surface area contributed by atoms with E-state index < -0.39 is 0 Å². The number of hydrogen-bond acceptors (Lipinski definition) is 5. The van der Waals surface area contributed by atoms with Crippen molar-refractivity contribution >= 4 is 18.2 Å². The van der Waals surface area contributed by atoms with Gasteiger partial charge in [0.2, 0.25) is 0 Å². The second-order valence-electron chi connectivity index (χ2n) is 3.94. The fraction of sp³-hybridized carbons (Fsp3) is 0.545. The van der Waals surface area contributed by atoms with Gasteiger partial charge in [0.05, 0.1) is 0 Å². The zero-order chi connectivity index (χ0) is 11.4. The standard InChI is InChI=1S/C11H15N5.ClH/c1-13-9-4-6-16(7-5-9)11-3-2-10(8-12)14-15-11;/h2-3,9,13H,4-7H2,1H3;1H. The molecule has 0 unspecified atom stereocenters. The van der Waals surface area contributed by atoms with Crippen LogP contribution >= 0.6 is 12.4 Å². The van der Waals surface area contributed by atoms with Crippen LogP contribution in [0.15, 0.2) is 12.1 Å². The van der Waals surface area contributed by atoms with Gasteiger partial charge in [-0.15, -0.1) is 22.6 Å². The van der Waals surface area contributed by atoms with Crippen molar-refractivity contribution in [3.63, 3.8) is 0 Å². The molecule has 6 heteroatoms. The van der Waals surface area contributed by atoms with E-state index in [-0.39, 0.29) is 12.4 Å². The van der Waals surface area contributed by atoms with Crippen LogP contribution in [0.25, 0.3) is 0 Å². The third kappa shape index (κ3) is 3.29. The first-order chi connectivity index (χ1) is 7.83. The molecule has 0 amide bonds. The van der Waals surface area contributed by atoms with Crippen LogP contribution in [0.4, 0.5) is 5.82 Å². The molecule has 0 spiro atoms. The first-order valence-corrected chi connectivity index (χ1v) is 5.49. The van der Waals surface area contributed by atoms with Crippen LogP contribution in [0.1, 0.15) is 18.5 Å². The summed E-state index contributed by atoms with van der Waals surface area (Å²) in [4.78, 5) is 2.21. The van der Waals surface area contributed by atoms with Gasteiger partial charge in [0.1, 0.15) is 6.07 Å². The van der Waals surface area contributed by atoms with E-state index in [0.717, 1.165) is 31.7 Å². The maximum absolute atomic E-state index is 8.63. The second kappa shape index (κ2) is 6.38. The lowest BCUT2D eigenvalue weighted by atomic mass is 10.1. The average Bonchev–Trinajstić information content (AvgIpc) is 2.39. The van der Waals surface area contributed by atoms with E-state index in [0.29, 0.717) is 11.7 Å². The van der Waals surface area contributed by atoms with Crippen molar-refractivity contribution < 1.29 is 0 Å². The zero-order valence-electron chi connectivity index (χ0n) is 9.76. The summed E-state index contributed by atoms with van der Waals surface area (Å²) in [5.41, 5.74) is 0.369. The SMILES string of the molecule is CNC1CCN(c2ccc(C#N)nn2)CC1.Cl. The molecule has 5 nitrogen and oxygen atoms in total. The van der Waals surface area contributed by atoms with Crippen LogP contribution in [0.3, 0.4) is 0 Å². The van der Waals surface area contributed by atoms with E-state index in [1.54, 1.807) is 6.07 Å². The fourth-order valence-electron chi connectivity index (χ4n) is 1.95. The van der Waals surface area contributed by atoms with Crippen LogP contribution in [0, 0.1) is 11.3 Å². The number of piperidine rings is 1. The van der Waals surface area contributed by atoms with E-state index in [1.165, 1.54) is 0 Å². The largest absolute Gasteiger partial charge is 0.355 e. The van der Waals surface area contributed by atoms with Crippen molar-refractivity contribution in [3.05, 3.63) is 17.8 Å². The maximum Gasteiger partial charge on any atom is 0.163 e. The summed E-state index contributed by atoms with van der Waals surface area (Å²) in [5.74, 6) is 0.869. The lowest BCUT2D eigenvalue weighted by Crippen LogP contribution is -2.41. The first kappa shape index (κ1) is 13.7. The van der Waals surface area contributed by atoms with Crippen LogP contribution < -0.4 is 10.2 Å². The summed E-state index contributed by atoms with van der Waals surface area (Å²) in [7, 11) is 2.00. The van der Waals surface area contributed by atoms with Gasteiger partial charge in [0.15, 0.2) is 11.5 Å². The van der Waals surface area contributed by atoms with Crippen LogP contribution in [0.2, 0.25) is 0 Å². The normalized spacial score (nSPS) is 16.1. The molecule has 0 radical (unpaired) electrons. The third-order valence-corrected chi connectivity index (χ3v) is 2.99. The van der Waals surface area contributed by atoms with Crippen molar-refractivity contribution in [1.82, 2.24) is 15.5 Å². The number of nitrogens with one attached hydrogen (secondary N) is 1. The monoisotopic (exact) mass is 253 g/mol. The Morgan fingerprint density at radius 1 is 1.35 bits per heavy atom. The Hall–Kier alpha value is -1.38. The molecule has 1 saturated heterocycles. The predicted molar refractivity (Wildman–Crippen MR) is 68.3 cm³/mol. The van der Waals surface area contributed by atoms with Gasteiger partial charge in [-0.05, 0) is 32.0 Å². The van der Waals surface area contributed by atoms with Gasteiger partial charge >= 0.3 is 0 Å². The minimum absolute atomic E-state index is 0. The number of halogens is 1. The Morgan fingerprint density at radius 3 is 2.53 bits per heavy atom. The van der Waals surface area contributed by atoms with Crippen LogP contribution in [-0.4, -0.2) is 36.4 Å². The predicted octanol–water partition coefficient (Wildman–Crippen LogP) is 0.958. The highest BCUT2D eigenvalue weighted by Crippen LogP contribution is 2.16. The van der Waals surface area contributed by atoms with Crippen molar-refractivity contribution in [1.29, 1.82) is 5.26 Å². The maximum atomic E-state index is 8.63. The van der Waals surface area contributed by atoms with Crippen molar-refractivity contribution in [2.75, 3.05) is 25.0 Å². The molecule has 2 rings (SSSR count). The molecule has 0 bridgehead atoms. The molecule has 1 aromatic rings. The van der Waals surface area contributed by atoms with Crippen LogP contribution in [-0.2, 0) is 0 Å². The highest BCUT2D eigenvalue weighted by Gasteiger charge is 2.18. The number of nitrogens with zero attached hydrogens (tertiary/aromatic N) is 4. The first-order valence-electron chi connectivity index (χ1n) is 5.49. The van der Waals surface area contributed by atoms with E-state index in [2.05, 4.69) is 20.4 Å². The van der Waals surface area contributed by atoms with Gasteiger partial charge in [-0.1, -0.05) is 0 Å². The summed E-state index contributed by atoms with van der Waals surface area (Å²) >= 11 is 0. The number of aromatic nitrogens is 2. The summed E-state index contributed by atoms with van der Waals surface area (Å²) in [5, 5.41) is 19.8. The van der Waals surface area contributed by atoms with Gasteiger partial charge in [-0.2, -0.15) is 5.26 Å². The Balaban J connectivity index is 0.00000144. The summed E-state index contributed by atoms with van der Waals surface area (Å²) in [6.45, 7) is 1.98. The molecule has 0 aromatic carbocycles. The fourth-order valence-corrected chi connectivity index (χ4v) is 1.95. The van der Waals surface area contributed by atoms with Gasteiger partial charge < -0.3 is 10.2 Å². The third-order valence-electron chi connectivity index (χ3n) is 2.99. The lowest BCUT2D eigenvalue weighted by molar-refractivity contribution is 0.440. The van der Waals surface area contributed by atoms with Crippen molar-refractivity contribution in [3.8, 4) is 6.07 Å². The van der Waals surface area contributed by atoms with E-state index in [1.807, 2.05) is 19.2 Å². The molecule has 1 aliphatic heterocycles. The molecular formula is C11H16ClN5. The summed E-state index contributed by atoms with van der Waals surface area (Å²) in [6, 6.07) is 6.17. The smallest absolute Gasteiger partial charge is 0.163 e. The zero-order valence-corrected chi connectivity index (χ0v) is 10.6. The van der Waals surface area contributed by atoms with Crippen molar-refractivity contribution in [2.24, 2.45) is 0 Å². The van der Waals surface area contributed by atoms with Crippen LogP contribution in [0.5, 0.6) is 0 Å². The lowest BCUT2D eigenvalue weighted by Gasteiger charge is -2.32. The molecule has 1 aromatic heterocycles. The topological polar surface area (TPSA) is 64.8 Å². The minimum atomic E-state index is 0. The molecule has 92 valence electrons. The molecule has 1 N–H and O–H groups in total. The number of rotatable bonds is 2. The molecule has 0 saturated carbocycles. The number of anilines is 1. The van der Waals surface area contributed by atoms with Gasteiger partial charge in [-0.25, -0.2) is 0 Å². The Kier molecular flexibility index (Phi) is 5.13. The van der Waals surface area contributed by atoms with E-state index in [4.69, 9.17) is 5.26 Å². The van der Waals surface area contributed by atoms with E-state index in [9.17, 15) is 0 Å². The molecule has 17 heavy (non-hydrogen) atoms. The molecule has 0 aliphatic carbocycles. The molecule has 1 fully saturated rings. The van der Waals surface area contributed by atoms with Gasteiger partial charge in [0, 0.05) is 19.1 Å². The highest BCUT2D eigenvalue weighted by atomic mass is 35.5. The van der Waals surface area contributed by atoms with Crippen molar-refractivity contribution in [2.45, 2.75) is 18.9 Å². The Labute approximate surface area is 107 Å². The molecule has 1 aliphatic rings. The van der Waals surface area contributed by atoms with E-state index >= 15 is 0 Å². The Bertz CT molecular complexity index is 378. The second-order valence-corrected chi connectivity index (χ2v) is 3.94. The molecular weight excluding hydrogens is 238 g/mol. The molecule has 0 atom stereocenters. The Morgan fingerprint density at radius 2 is 2.06 bits per heavy atom. The highest BCUT2D eigenvalue weighted by molar-refractivity contribution is 5.85. The summed E-state index contributed by atoms with van der Waals surface area (Å²) < 4.78 is 0.